The highest BCUT2D eigenvalue weighted by molar-refractivity contribution is 9.10. The number of carbonyl (C=O) groups is 2. The number of benzene rings is 2. The Morgan fingerprint density at radius 2 is 1.95 bits per heavy atom. The lowest BCUT2D eigenvalue weighted by molar-refractivity contribution is -0.908. The molecule has 2 aromatic rings. The molecule has 1 unspecified atom stereocenters. The summed E-state index contributed by atoms with van der Waals surface area (Å²) in [6.45, 7) is 11.2. The lowest BCUT2D eigenvalue weighted by Gasteiger charge is -2.29. The van der Waals surface area contributed by atoms with Gasteiger partial charge in [0.05, 0.1) is 32.4 Å². The van der Waals surface area contributed by atoms with Crippen LogP contribution in [0, 0.1) is 12.8 Å². The van der Waals surface area contributed by atoms with Gasteiger partial charge in [0.1, 0.15) is 18.8 Å². The van der Waals surface area contributed by atoms with E-state index in [-0.39, 0.29) is 5.57 Å². The molecule has 0 bridgehead atoms. The summed E-state index contributed by atoms with van der Waals surface area (Å²) in [5.74, 6) is -0.659. The van der Waals surface area contributed by atoms with Gasteiger partial charge in [-0.1, -0.05) is 53.7 Å². The van der Waals surface area contributed by atoms with Crippen molar-refractivity contribution in [1.82, 2.24) is 4.90 Å². The van der Waals surface area contributed by atoms with Gasteiger partial charge in [0, 0.05) is 23.0 Å². The fraction of sp³-hybridized carbons (Fsp3) is 0.448. The summed E-state index contributed by atoms with van der Waals surface area (Å²) in [6, 6.07) is 11.9. The normalized spacial score (nSPS) is 20.1. The molecule has 2 aliphatic heterocycles. The second kappa shape index (κ2) is 12.2. The number of hydrogen-bond donors (Lipinski definition) is 1. The zero-order valence-electron chi connectivity index (χ0n) is 21.7. The maximum atomic E-state index is 13.8. The van der Waals surface area contributed by atoms with E-state index in [1.807, 2.05) is 31.2 Å². The van der Waals surface area contributed by atoms with Crippen molar-refractivity contribution in [2.24, 2.45) is 5.92 Å². The predicted octanol–water partition coefficient (Wildman–Crippen LogP) is 2.32. The SMILES string of the molecule is Cc1cc(C([O-])=C2C(=O)C(=O)N(CCC[NH+]3CCOCC3)C2c2cccc(Br)c2)ccc1OCC(C)C. The standard InChI is InChI=1S/C29H35BrN2O5/c1-19(2)18-37-24-9-8-22(16-20(24)3)27(33)25-26(21-6-4-7-23(30)17-21)32(29(35)28(25)34)11-5-10-31-12-14-36-15-13-31/h4,6-9,16-17,19,26,33H,5,10-15,18H2,1-3H3. The Morgan fingerprint density at radius 3 is 2.62 bits per heavy atom. The summed E-state index contributed by atoms with van der Waals surface area (Å²) in [7, 11) is 0. The quantitative estimate of drug-likeness (QED) is 0.284. The minimum Gasteiger partial charge on any atom is -0.872 e. The highest BCUT2D eigenvalue weighted by Crippen LogP contribution is 2.39. The van der Waals surface area contributed by atoms with Gasteiger partial charge in [-0.25, -0.2) is 0 Å². The smallest absolute Gasteiger partial charge is 0.295 e. The molecule has 37 heavy (non-hydrogen) atoms. The molecule has 0 saturated carbocycles. The Hall–Kier alpha value is -2.68. The number of carbonyl (C=O) groups excluding carboxylic acids is 2. The van der Waals surface area contributed by atoms with Crippen LogP contribution in [0.1, 0.15) is 43.0 Å². The Kier molecular flexibility index (Phi) is 9.05. The maximum Gasteiger partial charge on any atom is 0.295 e. The van der Waals surface area contributed by atoms with Gasteiger partial charge in [-0.15, -0.1) is 0 Å². The average molecular weight is 572 g/mol. The fourth-order valence-corrected chi connectivity index (χ4v) is 5.32. The molecule has 2 aliphatic rings. The summed E-state index contributed by atoms with van der Waals surface area (Å²) in [5, 5.41) is 13.8. The summed E-state index contributed by atoms with van der Waals surface area (Å²) < 4.78 is 12.1. The highest BCUT2D eigenvalue weighted by atomic mass is 79.9. The number of amides is 1. The van der Waals surface area contributed by atoms with E-state index in [1.165, 1.54) is 4.90 Å². The number of quaternary nitrogens is 1. The lowest BCUT2D eigenvalue weighted by atomic mass is 9.94. The van der Waals surface area contributed by atoms with Gasteiger partial charge >= 0.3 is 0 Å². The van der Waals surface area contributed by atoms with Crippen molar-refractivity contribution in [3.63, 3.8) is 0 Å². The molecule has 0 spiro atoms. The van der Waals surface area contributed by atoms with Crippen molar-refractivity contribution in [3.05, 3.63) is 69.2 Å². The van der Waals surface area contributed by atoms with Gasteiger partial charge in [-0.05, 0) is 53.8 Å². The molecule has 1 N–H and O–H groups in total. The number of hydrogen-bond acceptors (Lipinski definition) is 5. The first-order valence-electron chi connectivity index (χ1n) is 12.9. The van der Waals surface area contributed by atoms with E-state index < -0.39 is 23.5 Å². The summed E-state index contributed by atoms with van der Waals surface area (Å²) >= 11 is 3.50. The number of halogens is 1. The van der Waals surface area contributed by atoms with E-state index in [9.17, 15) is 14.7 Å². The average Bonchev–Trinajstić information content (AvgIpc) is 3.13. The number of likely N-dealkylation sites (tertiary alicyclic amines) is 1. The van der Waals surface area contributed by atoms with Crippen LogP contribution in [0.15, 0.2) is 52.5 Å². The van der Waals surface area contributed by atoms with Crippen LogP contribution in [0.5, 0.6) is 5.75 Å². The number of nitrogens with zero attached hydrogens (tertiary/aromatic N) is 1. The van der Waals surface area contributed by atoms with E-state index in [2.05, 4.69) is 29.8 Å². The molecule has 2 saturated heterocycles. The summed E-state index contributed by atoms with van der Waals surface area (Å²) in [4.78, 5) is 29.5. The van der Waals surface area contributed by atoms with Crippen molar-refractivity contribution in [3.8, 4) is 5.75 Å². The van der Waals surface area contributed by atoms with Crippen LogP contribution in [-0.2, 0) is 14.3 Å². The molecule has 2 fully saturated rings. The second-order valence-electron chi connectivity index (χ2n) is 10.2. The summed E-state index contributed by atoms with van der Waals surface area (Å²) in [5.41, 5.74) is 1.94. The minimum atomic E-state index is -0.720. The van der Waals surface area contributed by atoms with Crippen LogP contribution in [0.25, 0.3) is 5.76 Å². The molecule has 7 nitrogen and oxygen atoms in total. The number of nitrogens with one attached hydrogen (secondary N) is 1. The maximum absolute atomic E-state index is 13.8. The zero-order chi connectivity index (χ0) is 26.5. The van der Waals surface area contributed by atoms with Crippen LogP contribution in [0.4, 0.5) is 0 Å². The highest BCUT2D eigenvalue weighted by Gasteiger charge is 2.44. The molecule has 1 atom stereocenters. The number of morpholine rings is 1. The molecule has 2 heterocycles. The van der Waals surface area contributed by atoms with E-state index in [0.29, 0.717) is 30.4 Å². The van der Waals surface area contributed by atoms with Gasteiger partial charge in [-0.3, -0.25) is 9.59 Å². The van der Waals surface area contributed by atoms with Crippen LogP contribution in [0.3, 0.4) is 0 Å². The first-order valence-corrected chi connectivity index (χ1v) is 13.7. The Labute approximate surface area is 227 Å². The minimum absolute atomic E-state index is 0.0112. The van der Waals surface area contributed by atoms with Crippen LogP contribution < -0.4 is 14.7 Å². The van der Waals surface area contributed by atoms with E-state index in [4.69, 9.17) is 9.47 Å². The molecule has 1 amide bonds. The monoisotopic (exact) mass is 570 g/mol. The topological polar surface area (TPSA) is 83.3 Å². The first kappa shape index (κ1) is 27.4. The Bertz CT molecular complexity index is 1170. The van der Waals surface area contributed by atoms with Crippen molar-refractivity contribution in [1.29, 1.82) is 0 Å². The van der Waals surface area contributed by atoms with Crippen molar-refractivity contribution in [2.45, 2.75) is 33.2 Å². The van der Waals surface area contributed by atoms with Crippen LogP contribution in [0.2, 0.25) is 0 Å². The van der Waals surface area contributed by atoms with E-state index in [0.717, 1.165) is 54.9 Å². The van der Waals surface area contributed by atoms with Crippen molar-refractivity contribution in [2.75, 3.05) is 46.0 Å². The van der Waals surface area contributed by atoms with Gasteiger partial charge in [0.15, 0.2) is 0 Å². The third-order valence-corrected chi connectivity index (χ3v) is 7.33. The summed E-state index contributed by atoms with van der Waals surface area (Å²) in [6.07, 6.45) is 0.737. The second-order valence-corrected chi connectivity index (χ2v) is 11.1. The fourth-order valence-electron chi connectivity index (χ4n) is 4.90. The molecule has 198 valence electrons. The van der Waals surface area contributed by atoms with Gasteiger partial charge in [0.25, 0.3) is 5.91 Å². The van der Waals surface area contributed by atoms with Gasteiger partial charge < -0.3 is 24.4 Å². The molecule has 0 aliphatic carbocycles. The Morgan fingerprint density at radius 1 is 1.19 bits per heavy atom. The molecular weight excluding hydrogens is 536 g/mol. The molecular formula is C29H35BrN2O5. The van der Waals surface area contributed by atoms with E-state index >= 15 is 0 Å². The molecule has 2 aromatic carbocycles. The lowest BCUT2D eigenvalue weighted by Crippen LogP contribution is -3.14. The zero-order valence-corrected chi connectivity index (χ0v) is 23.3. The third-order valence-electron chi connectivity index (χ3n) is 6.83. The third kappa shape index (κ3) is 6.43. The molecule has 0 aromatic heterocycles. The van der Waals surface area contributed by atoms with Gasteiger partial charge in [0.2, 0.25) is 5.78 Å². The molecule has 4 rings (SSSR count). The predicted molar refractivity (Wildman–Crippen MR) is 143 cm³/mol. The number of rotatable bonds is 9. The Balaban J connectivity index is 1.66. The van der Waals surface area contributed by atoms with E-state index in [1.54, 1.807) is 23.1 Å². The number of aryl methyl sites for hydroxylation is 1. The number of ether oxygens (including phenoxy) is 2. The molecule has 0 radical (unpaired) electrons. The number of Topliss-reactive ketones (excluding diaryl/α,β-unsaturated/α-hetero) is 1. The van der Waals surface area contributed by atoms with Crippen LogP contribution >= 0.6 is 15.9 Å². The molecule has 8 heteroatoms. The van der Waals surface area contributed by atoms with Crippen LogP contribution in [-0.4, -0.2) is 62.6 Å². The number of ketones is 1. The first-order chi connectivity index (χ1) is 17.8. The van der Waals surface area contributed by atoms with Crippen molar-refractivity contribution >= 4 is 33.4 Å². The van der Waals surface area contributed by atoms with Gasteiger partial charge in [-0.2, -0.15) is 0 Å². The largest absolute Gasteiger partial charge is 0.872 e. The van der Waals surface area contributed by atoms with Crippen molar-refractivity contribution < 1.29 is 29.1 Å².